The van der Waals surface area contributed by atoms with Gasteiger partial charge in [-0.15, -0.1) is 0 Å². The fraction of sp³-hybridized carbons (Fsp3) is 0.240. The second kappa shape index (κ2) is 9.89. The van der Waals surface area contributed by atoms with Gasteiger partial charge in [-0.2, -0.15) is 0 Å². The lowest BCUT2D eigenvalue weighted by atomic mass is 9.84. The molecule has 0 aromatic heterocycles. The molecule has 0 radical (unpaired) electrons. The summed E-state index contributed by atoms with van der Waals surface area (Å²) >= 11 is 0. The van der Waals surface area contributed by atoms with Crippen molar-refractivity contribution < 1.29 is 23.9 Å². The Hall–Kier alpha value is -3.67. The molecule has 1 aliphatic heterocycles. The van der Waals surface area contributed by atoms with Crippen LogP contribution in [0.25, 0.3) is 0 Å². The Morgan fingerprint density at radius 2 is 1.35 bits per heavy atom. The molecule has 0 spiro atoms. The van der Waals surface area contributed by atoms with Crippen LogP contribution in [0.15, 0.2) is 84.2 Å². The van der Waals surface area contributed by atoms with Crippen LogP contribution in [0.5, 0.6) is 0 Å². The van der Waals surface area contributed by atoms with Gasteiger partial charge in [0.1, 0.15) is 0 Å². The normalized spacial score (nSPS) is 15.7. The number of nitrogens with zero attached hydrogens (tertiary/aromatic N) is 1. The van der Waals surface area contributed by atoms with Crippen molar-refractivity contribution in [3.63, 3.8) is 0 Å². The quantitative estimate of drug-likeness (QED) is 0.636. The van der Waals surface area contributed by atoms with Gasteiger partial charge in [0.15, 0.2) is 5.78 Å². The van der Waals surface area contributed by atoms with E-state index >= 15 is 0 Å². The SMILES string of the molecule is COC(=O)CC1C(C(C)=O)=CN(C(c2ccccc2)c2ccccc2)C=C1C(=O)OC. The zero-order valence-electron chi connectivity index (χ0n) is 17.8. The molecule has 31 heavy (non-hydrogen) atoms. The van der Waals surface area contributed by atoms with E-state index in [0.717, 1.165) is 11.1 Å². The highest BCUT2D eigenvalue weighted by Crippen LogP contribution is 2.37. The number of carbonyl (C=O) groups is 3. The van der Waals surface area contributed by atoms with Gasteiger partial charge in [-0.25, -0.2) is 4.79 Å². The van der Waals surface area contributed by atoms with E-state index in [4.69, 9.17) is 9.47 Å². The number of Topliss-reactive ketones (excluding diaryl/α,β-unsaturated/α-hetero) is 1. The minimum absolute atomic E-state index is 0.127. The van der Waals surface area contributed by atoms with E-state index in [1.165, 1.54) is 21.1 Å². The molecule has 1 atom stereocenters. The first-order valence-electron chi connectivity index (χ1n) is 9.93. The van der Waals surface area contributed by atoms with Crippen LogP contribution < -0.4 is 0 Å². The van der Waals surface area contributed by atoms with Gasteiger partial charge in [0.2, 0.25) is 0 Å². The molecule has 0 saturated carbocycles. The van der Waals surface area contributed by atoms with Crippen LogP contribution in [-0.4, -0.2) is 36.8 Å². The fourth-order valence-corrected chi connectivity index (χ4v) is 3.78. The molecule has 3 rings (SSSR count). The first-order chi connectivity index (χ1) is 15.0. The number of rotatable bonds is 7. The fourth-order valence-electron chi connectivity index (χ4n) is 3.78. The van der Waals surface area contributed by atoms with Gasteiger partial charge in [-0.1, -0.05) is 60.7 Å². The topological polar surface area (TPSA) is 72.9 Å². The first kappa shape index (κ1) is 22.0. The molecule has 0 N–H and O–H groups in total. The third-order valence-electron chi connectivity index (χ3n) is 5.28. The Labute approximate surface area is 181 Å². The average Bonchev–Trinajstić information content (AvgIpc) is 2.80. The lowest BCUT2D eigenvalue weighted by Gasteiger charge is -2.35. The van der Waals surface area contributed by atoms with E-state index in [0.29, 0.717) is 5.57 Å². The molecule has 0 bridgehead atoms. The highest BCUT2D eigenvalue weighted by atomic mass is 16.5. The van der Waals surface area contributed by atoms with Gasteiger partial charge in [0, 0.05) is 23.9 Å². The molecule has 0 saturated heterocycles. The molecule has 0 fully saturated rings. The second-order valence-electron chi connectivity index (χ2n) is 7.22. The van der Waals surface area contributed by atoms with Gasteiger partial charge < -0.3 is 14.4 Å². The minimum Gasteiger partial charge on any atom is -0.469 e. The third kappa shape index (κ3) is 4.91. The van der Waals surface area contributed by atoms with E-state index in [9.17, 15) is 14.4 Å². The van der Waals surface area contributed by atoms with Crippen molar-refractivity contribution in [3.05, 3.63) is 95.3 Å². The molecular weight excluding hydrogens is 394 g/mol. The van der Waals surface area contributed by atoms with Crippen LogP contribution in [0.1, 0.15) is 30.5 Å². The van der Waals surface area contributed by atoms with E-state index in [1.54, 1.807) is 12.4 Å². The van der Waals surface area contributed by atoms with Crippen LogP contribution in [0.2, 0.25) is 0 Å². The summed E-state index contributed by atoms with van der Waals surface area (Å²) in [5, 5.41) is 0. The molecule has 1 unspecified atom stereocenters. The average molecular weight is 419 g/mol. The van der Waals surface area contributed by atoms with E-state index in [2.05, 4.69) is 0 Å². The molecule has 0 amide bonds. The molecule has 2 aromatic rings. The molecule has 160 valence electrons. The van der Waals surface area contributed by atoms with E-state index in [1.807, 2.05) is 65.6 Å². The van der Waals surface area contributed by atoms with E-state index in [-0.39, 0.29) is 23.8 Å². The second-order valence-corrected chi connectivity index (χ2v) is 7.22. The maximum absolute atomic E-state index is 12.6. The maximum atomic E-state index is 12.6. The van der Waals surface area contributed by atoms with Gasteiger partial charge in [0.05, 0.1) is 32.3 Å². The Morgan fingerprint density at radius 3 is 1.81 bits per heavy atom. The van der Waals surface area contributed by atoms with Gasteiger partial charge >= 0.3 is 11.9 Å². The lowest BCUT2D eigenvalue weighted by Crippen LogP contribution is -2.32. The number of esters is 2. The molecule has 2 aromatic carbocycles. The number of carbonyl (C=O) groups excluding carboxylic acids is 3. The number of methoxy groups -OCH3 is 2. The van der Waals surface area contributed by atoms with Crippen molar-refractivity contribution in [1.82, 2.24) is 4.90 Å². The lowest BCUT2D eigenvalue weighted by molar-refractivity contribution is -0.141. The Balaban J connectivity index is 2.16. The zero-order valence-corrected chi connectivity index (χ0v) is 17.8. The maximum Gasteiger partial charge on any atom is 0.335 e. The number of ketones is 1. The first-order valence-corrected chi connectivity index (χ1v) is 9.93. The van der Waals surface area contributed by atoms with Crippen LogP contribution in [0.4, 0.5) is 0 Å². The summed E-state index contributed by atoms with van der Waals surface area (Å²) in [4.78, 5) is 39.0. The predicted octanol–water partition coefficient (Wildman–Crippen LogP) is 3.80. The molecule has 6 heteroatoms. The molecule has 0 aliphatic carbocycles. The van der Waals surface area contributed by atoms with Crippen molar-refractivity contribution in [2.45, 2.75) is 19.4 Å². The number of hydrogen-bond donors (Lipinski definition) is 0. The number of ether oxygens (including phenoxy) is 2. The largest absolute Gasteiger partial charge is 0.469 e. The van der Waals surface area contributed by atoms with Crippen molar-refractivity contribution in [2.24, 2.45) is 5.92 Å². The third-order valence-corrected chi connectivity index (χ3v) is 5.28. The summed E-state index contributed by atoms with van der Waals surface area (Å²) in [6.07, 6.45) is 3.25. The van der Waals surface area contributed by atoms with Crippen molar-refractivity contribution in [1.29, 1.82) is 0 Å². The summed E-state index contributed by atoms with van der Waals surface area (Å²) in [5.41, 5.74) is 2.56. The highest BCUT2D eigenvalue weighted by molar-refractivity contribution is 6.00. The summed E-state index contributed by atoms with van der Waals surface area (Å²) in [6.45, 7) is 1.43. The number of benzene rings is 2. The zero-order chi connectivity index (χ0) is 22.4. The van der Waals surface area contributed by atoms with Gasteiger partial charge in [0.25, 0.3) is 0 Å². The summed E-state index contributed by atoms with van der Waals surface area (Å²) in [5.74, 6) is -2.07. The highest BCUT2D eigenvalue weighted by Gasteiger charge is 2.35. The van der Waals surface area contributed by atoms with Crippen molar-refractivity contribution in [2.75, 3.05) is 14.2 Å². The number of allylic oxidation sites excluding steroid dienone is 1. The van der Waals surface area contributed by atoms with Crippen molar-refractivity contribution in [3.8, 4) is 0 Å². The smallest absolute Gasteiger partial charge is 0.335 e. The summed E-state index contributed by atoms with van der Waals surface area (Å²) in [6, 6.07) is 19.3. The Kier molecular flexibility index (Phi) is 7.03. The van der Waals surface area contributed by atoms with Gasteiger partial charge in [-0.3, -0.25) is 9.59 Å². The molecular formula is C25H25NO5. The minimum atomic E-state index is -0.735. The van der Waals surface area contributed by atoms with Crippen LogP contribution in [0, 0.1) is 5.92 Å². The van der Waals surface area contributed by atoms with E-state index < -0.39 is 17.9 Å². The van der Waals surface area contributed by atoms with Gasteiger partial charge in [-0.05, 0) is 18.1 Å². The molecule has 1 aliphatic rings. The monoisotopic (exact) mass is 419 g/mol. The standard InChI is InChI=1S/C25H25NO5/c1-17(27)21-15-26(16-22(25(29)31-3)20(21)14-23(28)30-2)24(18-10-6-4-7-11-18)19-12-8-5-9-13-19/h4-13,15-16,20,24H,14H2,1-3H3. The number of hydrogen-bond acceptors (Lipinski definition) is 6. The predicted molar refractivity (Wildman–Crippen MR) is 116 cm³/mol. The van der Waals surface area contributed by atoms with Crippen LogP contribution in [0.3, 0.4) is 0 Å². The Bertz CT molecular complexity index is 971. The molecule has 1 heterocycles. The Morgan fingerprint density at radius 1 is 0.839 bits per heavy atom. The summed E-state index contributed by atoms with van der Waals surface area (Å²) < 4.78 is 9.76. The van der Waals surface area contributed by atoms with Crippen molar-refractivity contribution >= 4 is 17.7 Å². The van der Waals surface area contributed by atoms with Crippen LogP contribution >= 0.6 is 0 Å². The molecule has 6 nitrogen and oxygen atoms in total. The summed E-state index contributed by atoms with van der Waals surface area (Å²) in [7, 11) is 2.55. The van der Waals surface area contributed by atoms with Crippen LogP contribution in [-0.2, 0) is 23.9 Å².